The number of nitrogens with zero attached hydrogens (tertiary/aromatic N) is 2. The molecule has 0 aliphatic rings. The average molecular weight is 273 g/mol. The third-order valence-electron chi connectivity index (χ3n) is 2.64. The zero-order chi connectivity index (χ0) is 14.5. The summed E-state index contributed by atoms with van der Waals surface area (Å²) in [6.45, 7) is 1.83. The van der Waals surface area contributed by atoms with E-state index in [-0.39, 0.29) is 24.1 Å². The first-order valence-electron chi connectivity index (χ1n) is 6.08. The molecule has 0 saturated heterocycles. The van der Waals surface area contributed by atoms with Gasteiger partial charge in [-0.3, -0.25) is 9.59 Å². The smallest absolute Gasteiger partial charge is 0.289 e. The van der Waals surface area contributed by atoms with Crippen molar-refractivity contribution in [2.24, 2.45) is 0 Å². The van der Waals surface area contributed by atoms with Crippen LogP contribution in [-0.4, -0.2) is 35.3 Å². The molecule has 6 nitrogen and oxygen atoms in total. The van der Waals surface area contributed by atoms with Gasteiger partial charge in [-0.2, -0.15) is 0 Å². The van der Waals surface area contributed by atoms with Gasteiger partial charge in [-0.25, -0.2) is 4.98 Å². The van der Waals surface area contributed by atoms with Crippen molar-refractivity contribution in [1.82, 2.24) is 9.88 Å². The Hall–Kier alpha value is -2.63. The van der Waals surface area contributed by atoms with Crippen molar-refractivity contribution in [3.05, 3.63) is 48.0 Å². The molecule has 0 radical (unpaired) electrons. The summed E-state index contributed by atoms with van der Waals surface area (Å²) in [5.41, 5.74) is 0.996. The number of hydrogen-bond donors (Lipinski definition) is 1. The fraction of sp³-hybridized carbons (Fsp3) is 0.214. The maximum Gasteiger partial charge on any atom is 0.289 e. The van der Waals surface area contributed by atoms with Crippen LogP contribution in [0.5, 0.6) is 0 Å². The number of hydrogen-bond acceptors (Lipinski definition) is 4. The summed E-state index contributed by atoms with van der Waals surface area (Å²) in [4.78, 5) is 29.0. The van der Waals surface area contributed by atoms with E-state index in [1.54, 1.807) is 24.4 Å². The van der Waals surface area contributed by atoms with Gasteiger partial charge in [0.05, 0.1) is 6.26 Å². The van der Waals surface area contributed by atoms with Gasteiger partial charge in [-0.05, 0) is 36.8 Å². The number of likely N-dealkylation sites (N-methyl/N-ethyl adjacent to an activating group) is 1. The molecule has 1 N–H and O–H groups in total. The van der Waals surface area contributed by atoms with Gasteiger partial charge in [0.2, 0.25) is 5.91 Å². The molecule has 0 aromatic carbocycles. The number of amides is 2. The molecule has 2 heterocycles. The van der Waals surface area contributed by atoms with E-state index in [0.29, 0.717) is 5.82 Å². The number of furan rings is 1. The lowest BCUT2D eigenvalue weighted by Gasteiger charge is -2.15. The van der Waals surface area contributed by atoms with Gasteiger partial charge < -0.3 is 14.6 Å². The van der Waals surface area contributed by atoms with Crippen LogP contribution >= 0.6 is 0 Å². The molecule has 0 saturated carbocycles. The van der Waals surface area contributed by atoms with Crippen molar-refractivity contribution in [1.29, 1.82) is 0 Å². The number of rotatable bonds is 4. The fourth-order valence-electron chi connectivity index (χ4n) is 1.66. The Labute approximate surface area is 116 Å². The van der Waals surface area contributed by atoms with Crippen LogP contribution in [0.1, 0.15) is 16.1 Å². The monoisotopic (exact) mass is 273 g/mol. The molecule has 0 spiro atoms. The summed E-state index contributed by atoms with van der Waals surface area (Å²) in [6.07, 6.45) is 3.03. The van der Waals surface area contributed by atoms with Crippen LogP contribution in [0.2, 0.25) is 0 Å². The molecule has 2 amide bonds. The quantitative estimate of drug-likeness (QED) is 0.919. The van der Waals surface area contributed by atoms with Crippen molar-refractivity contribution in [2.75, 3.05) is 18.9 Å². The van der Waals surface area contributed by atoms with Crippen LogP contribution in [-0.2, 0) is 4.79 Å². The SMILES string of the molecule is Cc1ccnc(NC(=O)CN(C)C(=O)c2ccco2)c1. The largest absolute Gasteiger partial charge is 0.459 e. The van der Waals surface area contributed by atoms with E-state index < -0.39 is 0 Å². The van der Waals surface area contributed by atoms with Crippen molar-refractivity contribution in [3.63, 3.8) is 0 Å². The zero-order valence-corrected chi connectivity index (χ0v) is 11.3. The normalized spacial score (nSPS) is 10.1. The maximum atomic E-state index is 11.9. The highest BCUT2D eigenvalue weighted by Crippen LogP contribution is 2.06. The van der Waals surface area contributed by atoms with E-state index in [9.17, 15) is 9.59 Å². The number of pyridine rings is 1. The first-order chi connectivity index (χ1) is 9.56. The first kappa shape index (κ1) is 13.8. The lowest BCUT2D eigenvalue weighted by Crippen LogP contribution is -2.34. The molecule has 0 bridgehead atoms. The molecule has 6 heteroatoms. The Morgan fingerprint density at radius 1 is 1.40 bits per heavy atom. The molecule has 2 aromatic heterocycles. The summed E-state index contributed by atoms with van der Waals surface area (Å²) in [5, 5.41) is 2.64. The molecule has 0 unspecified atom stereocenters. The minimum Gasteiger partial charge on any atom is -0.459 e. The van der Waals surface area contributed by atoms with Gasteiger partial charge in [-0.15, -0.1) is 0 Å². The third kappa shape index (κ3) is 3.44. The van der Waals surface area contributed by atoms with E-state index >= 15 is 0 Å². The second-order valence-electron chi connectivity index (χ2n) is 4.41. The summed E-state index contributed by atoms with van der Waals surface area (Å²) < 4.78 is 5.00. The van der Waals surface area contributed by atoms with Crippen molar-refractivity contribution in [2.45, 2.75) is 6.92 Å². The molecule has 104 valence electrons. The highest BCUT2D eigenvalue weighted by Gasteiger charge is 2.17. The predicted octanol–water partition coefficient (Wildman–Crippen LogP) is 1.69. The topological polar surface area (TPSA) is 75.4 Å². The second kappa shape index (κ2) is 6.01. The van der Waals surface area contributed by atoms with Crippen LogP contribution in [0, 0.1) is 6.92 Å². The predicted molar refractivity (Wildman–Crippen MR) is 73.3 cm³/mol. The van der Waals surface area contributed by atoms with Crippen molar-refractivity contribution in [3.8, 4) is 0 Å². The molecule has 2 rings (SSSR count). The molecule has 0 atom stereocenters. The standard InChI is InChI=1S/C14H15N3O3/c1-10-5-6-15-12(8-10)16-13(18)9-17(2)14(19)11-4-3-7-20-11/h3-8H,9H2,1-2H3,(H,15,16,18). The molecule has 0 aliphatic heterocycles. The number of anilines is 1. The Kier molecular flexibility index (Phi) is 4.14. The molecular weight excluding hydrogens is 258 g/mol. The van der Waals surface area contributed by atoms with Crippen molar-refractivity contribution >= 4 is 17.6 Å². The van der Waals surface area contributed by atoms with Crippen LogP contribution < -0.4 is 5.32 Å². The van der Waals surface area contributed by atoms with E-state index in [1.165, 1.54) is 18.2 Å². The van der Waals surface area contributed by atoms with E-state index in [0.717, 1.165) is 5.56 Å². The van der Waals surface area contributed by atoms with E-state index in [1.807, 2.05) is 13.0 Å². The summed E-state index contributed by atoms with van der Waals surface area (Å²) in [7, 11) is 1.54. The summed E-state index contributed by atoms with van der Waals surface area (Å²) in [5.74, 6) is 0.00989. The van der Waals surface area contributed by atoms with Gasteiger partial charge in [0.1, 0.15) is 12.4 Å². The number of aryl methyl sites for hydroxylation is 1. The van der Waals surface area contributed by atoms with Gasteiger partial charge in [-0.1, -0.05) is 0 Å². The van der Waals surface area contributed by atoms with Gasteiger partial charge in [0.15, 0.2) is 5.76 Å². The summed E-state index contributed by atoms with van der Waals surface area (Å²) >= 11 is 0. The zero-order valence-electron chi connectivity index (χ0n) is 11.3. The van der Waals surface area contributed by atoms with Gasteiger partial charge in [0.25, 0.3) is 5.91 Å². The molecule has 2 aromatic rings. The minimum absolute atomic E-state index is 0.0743. The second-order valence-corrected chi connectivity index (χ2v) is 4.41. The number of carbonyl (C=O) groups excluding carboxylic acids is 2. The highest BCUT2D eigenvalue weighted by molar-refractivity contribution is 5.97. The molecular formula is C14H15N3O3. The van der Waals surface area contributed by atoms with Crippen LogP contribution in [0.15, 0.2) is 41.1 Å². The average Bonchev–Trinajstić information content (AvgIpc) is 2.91. The van der Waals surface area contributed by atoms with Crippen LogP contribution in [0.25, 0.3) is 0 Å². The van der Waals surface area contributed by atoms with Crippen LogP contribution in [0.3, 0.4) is 0 Å². The lowest BCUT2D eigenvalue weighted by atomic mass is 10.3. The Morgan fingerprint density at radius 2 is 2.20 bits per heavy atom. The molecule has 0 aliphatic carbocycles. The Balaban J connectivity index is 1.93. The van der Waals surface area contributed by atoms with E-state index in [2.05, 4.69) is 10.3 Å². The molecule has 0 fully saturated rings. The maximum absolute atomic E-state index is 11.9. The number of carbonyl (C=O) groups is 2. The molecule has 20 heavy (non-hydrogen) atoms. The highest BCUT2D eigenvalue weighted by atomic mass is 16.3. The lowest BCUT2D eigenvalue weighted by molar-refractivity contribution is -0.116. The third-order valence-corrected chi connectivity index (χ3v) is 2.64. The van der Waals surface area contributed by atoms with Gasteiger partial charge in [0, 0.05) is 13.2 Å². The number of nitrogens with one attached hydrogen (secondary N) is 1. The first-order valence-corrected chi connectivity index (χ1v) is 6.08. The number of aromatic nitrogens is 1. The summed E-state index contributed by atoms with van der Waals surface area (Å²) in [6, 6.07) is 6.77. The minimum atomic E-state index is -0.345. The van der Waals surface area contributed by atoms with Crippen LogP contribution in [0.4, 0.5) is 5.82 Å². The Morgan fingerprint density at radius 3 is 2.85 bits per heavy atom. The fourth-order valence-corrected chi connectivity index (χ4v) is 1.66. The Bertz CT molecular complexity index is 608. The van der Waals surface area contributed by atoms with E-state index in [4.69, 9.17) is 4.42 Å². The van der Waals surface area contributed by atoms with Crippen molar-refractivity contribution < 1.29 is 14.0 Å². The van der Waals surface area contributed by atoms with Gasteiger partial charge >= 0.3 is 0 Å².